The Balaban J connectivity index is 2.16. The van der Waals surface area contributed by atoms with Crippen LogP contribution in [0.4, 0.5) is 5.69 Å². The molecule has 9 heteroatoms. The molecule has 3 N–H and O–H groups in total. The van der Waals surface area contributed by atoms with Gasteiger partial charge in [-0.05, 0) is 25.5 Å². The van der Waals surface area contributed by atoms with E-state index in [0.29, 0.717) is 5.56 Å². The lowest BCUT2D eigenvalue weighted by molar-refractivity contribution is -0.384. The number of amides is 1. The van der Waals surface area contributed by atoms with E-state index in [2.05, 4.69) is 20.7 Å². The second-order valence-corrected chi connectivity index (χ2v) is 4.59. The van der Waals surface area contributed by atoms with E-state index in [1.807, 2.05) is 0 Å². The van der Waals surface area contributed by atoms with E-state index in [-0.39, 0.29) is 22.7 Å². The minimum Gasteiger partial charge on any atom is -0.507 e. The van der Waals surface area contributed by atoms with Crippen LogP contribution in [-0.2, 0) is 0 Å². The number of phenols is 1. The van der Waals surface area contributed by atoms with Crippen LogP contribution in [0.5, 0.6) is 5.75 Å². The van der Waals surface area contributed by atoms with Crippen molar-refractivity contribution in [3.05, 3.63) is 50.8 Å². The number of hydrogen-bond donors (Lipinski definition) is 3. The molecule has 0 atom stereocenters. The largest absolute Gasteiger partial charge is 0.507 e. The number of H-pyrrole nitrogens is 1. The van der Waals surface area contributed by atoms with Crippen molar-refractivity contribution >= 4 is 17.8 Å². The molecule has 9 nitrogen and oxygen atoms in total. The Kier molecular flexibility index (Phi) is 4.16. The molecule has 1 aromatic carbocycles. The van der Waals surface area contributed by atoms with Crippen LogP contribution < -0.4 is 5.43 Å². The van der Waals surface area contributed by atoms with Gasteiger partial charge in [0.25, 0.3) is 11.6 Å². The maximum Gasteiger partial charge on any atom is 0.291 e. The smallest absolute Gasteiger partial charge is 0.291 e. The van der Waals surface area contributed by atoms with Gasteiger partial charge in [-0.15, -0.1) is 0 Å². The highest BCUT2D eigenvalue weighted by Gasteiger charge is 2.13. The van der Waals surface area contributed by atoms with Crippen LogP contribution in [0.1, 0.15) is 27.3 Å². The van der Waals surface area contributed by atoms with E-state index in [4.69, 9.17) is 0 Å². The minimum absolute atomic E-state index is 0.130. The molecule has 0 aliphatic rings. The van der Waals surface area contributed by atoms with E-state index in [1.165, 1.54) is 13.0 Å². The number of nitrogens with zero attached hydrogens (tertiary/aromatic N) is 3. The number of nitro groups is 1. The van der Waals surface area contributed by atoms with Gasteiger partial charge in [-0.2, -0.15) is 10.2 Å². The number of hydrogen-bond acceptors (Lipinski definition) is 6. The van der Waals surface area contributed by atoms with Crippen molar-refractivity contribution in [1.82, 2.24) is 15.6 Å². The molecule has 1 aromatic heterocycles. The molecular formula is C13H13N5O4. The van der Waals surface area contributed by atoms with Crippen molar-refractivity contribution in [2.24, 2.45) is 5.10 Å². The topological polar surface area (TPSA) is 134 Å². The highest BCUT2D eigenvalue weighted by atomic mass is 16.6. The van der Waals surface area contributed by atoms with Gasteiger partial charge in [-0.3, -0.25) is 20.0 Å². The number of phenolic OH excluding ortho intramolecular Hbond substituents is 1. The number of nitrogens with one attached hydrogen (secondary N) is 2. The zero-order chi connectivity index (χ0) is 16.3. The lowest BCUT2D eigenvalue weighted by Gasteiger charge is -2.03. The summed E-state index contributed by atoms with van der Waals surface area (Å²) in [5, 5.41) is 30.7. The van der Waals surface area contributed by atoms with Gasteiger partial charge in [0.2, 0.25) is 0 Å². The predicted molar refractivity (Wildman–Crippen MR) is 77.9 cm³/mol. The lowest BCUT2D eigenvalue weighted by atomic mass is 10.1. The molecule has 0 fully saturated rings. The predicted octanol–water partition coefficient (Wildman–Crippen LogP) is 1.40. The average molecular weight is 303 g/mol. The fraction of sp³-hybridized carbons (Fsp3) is 0.154. The fourth-order valence-corrected chi connectivity index (χ4v) is 1.74. The van der Waals surface area contributed by atoms with Crippen molar-refractivity contribution < 1.29 is 14.8 Å². The summed E-state index contributed by atoms with van der Waals surface area (Å²) >= 11 is 0. The van der Waals surface area contributed by atoms with Crippen molar-refractivity contribution in [2.45, 2.75) is 13.8 Å². The van der Waals surface area contributed by atoms with Crippen LogP contribution in [0.3, 0.4) is 0 Å². The third-order valence-corrected chi connectivity index (χ3v) is 2.83. The Labute approximate surface area is 124 Å². The number of aromatic nitrogens is 2. The quantitative estimate of drug-likeness (QED) is 0.446. The summed E-state index contributed by atoms with van der Waals surface area (Å²) in [5.74, 6) is -0.679. The molecule has 1 amide bonds. The molecule has 114 valence electrons. The molecule has 0 unspecified atom stereocenters. The number of carbonyl (C=O) groups is 1. The van der Waals surface area contributed by atoms with Gasteiger partial charge in [0.05, 0.1) is 11.1 Å². The summed E-state index contributed by atoms with van der Waals surface area (Å²) in [6, 6.07) is 3.95. The molecule has 2 rings (SSSR count). The molecule has 0 saturated heterocycles. The number of rotatable bonds is 4. The SMILES string of the molecule is Cc1cc(C(=O)NN=Cc2cc([N+](=O)[O-])cc(C)c2O)n[nH]1. The van der Waals surface area contributed by atoms with E-state index in [1.54, 1.807) is 13.0 Å². The number of benzene rings is 1. The first-order valence-electron chi connectivity index (χ1n) is 6.22. The number of hydrazone groups is 1. The third-order valence-electron chi connectivity index (χ3n) is 2.83. The molecule has 0 spiro atoms. The van der Waals surface area contributed by atoms with Gasteiger partial charge < -0.3 is 5.11 Å². The van der Waals surface area contributed by atoms with Gasteiger partial charge in [-0.25, -0.2) is 5.43 Å². The van der Waals surface area contributed by atoms with Gasteiger partial charge in [0, 0.05) is 23.4 Å². The standard InChI is InChI=1S/C13H13N5O4/c1-7-3-10(18(21)22)5-9(12(7)19)6-14-17-13(20)11-4-8(2)15-16-11/h3-6,19H,1-2H3,(H,15,16)(H,17,20). The Hall–Kier alpha value is -3.23. The highest BCUT2D eigenvalue weighted by Crippen LogP contribution is 2.26. The van der Waals surface area contributed by atoms with Crippen molar-refractivity contribution in [3.8, 4) is 5.75 Å². The molecule has 0 radical (unpaired) electrons. The van der Waals surface area contributed by atoms with E-state index >= 15 is 0 Å². The van der Waals surface area contributed by atoms with Crippen molar-refractivity contribution in [3.63, 3.8) is 0 Å². The highest BCUT2D eigenvalue weighted by molar-refractivity contribution is 5.93. The summed E-state index contributed by atoms with van der Waals surface area (Å²) in [6.07, 6.45) is 1.13. The summed E-state index contributed by atoms with van der Waals surface area (Å²) in [7, 11) is 0. The van der Waals surface area contributed by atoms with Crippen LogP contribution in [0.15, 0.2) is 23.3 Å². The van der Waals surface area contributed by atoms with Crippen LogP contribution in [-0.4, -0.2) is 32.3 Å². The number of non-ortho nitro benzene ring substituents is 1. The second-order valence-electron chi connectivity index (χ2n) is 4.59. The average Bonchev–Trinajstić information content (AvgIpc) is 2.89. The molecule has 1 heterocycles. The molecule has 2 aromatic rings. The zero-order valence-corrected chi connectivity index (χ0v) is 11.8. The van der Waals surface area contributed by atoms with Crippen molar-refractivity contribution in [2.75, 3.05) is 0 Å². The number of aromatic amines is 1. The van der Waals surface area contributed by atoms with E-state index < -0.39 is 10.8 Å². The molecule has 0 aliphatic carbocycles. The number of aryl methyl sites for hydroxylation is 2. The Morgan fingerprint density at radius 2 is 2.18 bits per heavy atom. The van der Waals surface area contributed by atoms with Gasteiger partial charge in [0.15, 0.2) is 5.69 Å². The monoisotopic (exact) mass is 303 g/mol. The lowest BCUT2D eigenvalue weighted by Crippen LogP contribution is -2.18. The number of nitro benzene ring substituents is 1. The number of carbonyl (C=O) groups excluding carboxylic acids is 1. The second kappa shape index (κ2) is 6.04. The number of aromatic hydroxyl groups is 1. The molecule has 0 bridgehead atoms. The van der Waals surface area contributed by atoms with E-state index in [0.717, 1.165) is 18.0 Å². The molecular weight excluding hydrogens is 290 g/mol. The van der Waals surface area contributed by atoms with Gasteiger partial charge >= 0.3 is 0 Å². The Morgan fingerprint density at radius 3 is 2.77 bits per heavy atom. The summed E-state index contributed by atoms with van der Waals surface area (Å²) in [4.78, 5) is 21.9. The zero-order valence-electron chi connectivity index (χ0n) is 11.8. The van der Waals surface area contributed by atoms with Crippen LogP contribution in [0.2, 0.25) is 0 Å². The maximum atomic E-state index is 11.7. The van der Waals surface area contributed by atoms with Crippen LogP contribution in [0, 0.1) is 24.0 Å². The van der Waals surface area contributed by atoms with Crippen LogP contribution >= 0.6 is 0 Å². The summed E-state index contributed by atoms with van der Waals surface area (Å²) < 4.78 is 0. The van der Waals surface area contributed by atoms with Gasteiger partial charge in [0.1, 0.15) is 5.75 Å². The molecule has 22 heavy (non-hydrogen) atoms. The first-order valence-corrected chi connectivity index (χ1v) is 6.22. The Bertz CT molecular complexity index is 766. The summed E-state index contributed by atoms with van der Waals surface area (Å²) in [6.45, 7) is 3.28. The normalized spacial score (nSPS) is 10.8. The van der Waals surface area contributed by atoms with E-state index in [9.17, 15) is 20.0 Å². The fourth-order valence-electron chi connectivity index (χ4n) is 1.74. The maximum absolute atomic E-state index is 11.7. The van der Waals surface area contributed by atoms with Gasteiger partial charge in [-0.1, -0.05) is 0 Å². The minimum atomic E-state index is -0.575. The van der Waals surface area contributed by atoms with Crippen molar-refractivity contribution in [1.29, 1.82) is 0 Å². The molecule has 0 aliphatic heterocycles. The third kappa shape index (κ3) is 3.26. The molecule has 0 saturated carbocycles. The Morgan fingerprint density at radius 1 is 1.45 bits per heavy atom. The first kappa shape index (κ1) is 15.2. The first-order chi connectivity index (χ1) is 10.4. The summed E-state index contributed by atoms with van der Waals surface area (Å²) in [5.41, 5.74) is 3.40. The van der Waals surface area contributed by atoms with Crippen LogP contribution in [0.25, 0.3) is 0 Å².